The fourth-order valence-electron chi connectivity index (χ4n) is 0.817. The Bertz CT molecular complexity index is 353. The van der Waals surface area contributed by atoms with E-state index in [1.807, 2.05) is 0 Å². The molecule has 6 heteroatoms. The van der Waals surface area contributed by atoms with E-state index in [9.17, 15) is 18.0 Å². The first kappa shape index (κ1) is 11.3. The normalized spacial score (nSPS) is 13.7. The van der Waals surface area contributed by atoms with E-state index in [1.165, 1.54) is 22.8 Å². The Balaban J connectivity index is 3.21. The van der Waals surface area contributed by atoms with E-state index in [2.05, 4.69) is 0 Å². The Morgan fingerprint density at radius 1 is 1.50 bits per heavy atom. The minimum atomic E-state index is -4.68. The number of carbonyl (C=O) groups excluding carboxylic acids is 1. The summed E-state index contributed by atoms with van der Waals surface area (Å²) in [5, 5.41) is 1.61. The minimum absolute atomic E-state index is 0.109. The van der Waals surface area contributed by atoms with E-state index < -0.39 is 16.8 Å². The molecule has 0 aromatic carbocycles. The molecule has 0 aliphatic heterocycles. The molecule has 1 aromatic rings. The highest BCUT2D eigenvalue weighted by atomic mass is 35.5. The SMILES string of the molecule is O=C/C(=C(\Cl)C(F)(F)F)c1ccsc1. The maximum absolute atomic E-state index is 12.1. The number of alkyl halides is 3. The van der Waals surface area contributed by atoms with E-state index in [0.717, 1.165) is 0 Å². The van der Waals surface area contributed by atoms with E-state index in [0.29, 0.717) is 0 Å². The average Bonchev–Trinajstić information content (AvgIpc) is 2.57. The van der Waals surface area contributed by atoms with Crippen LogP contribution < -0.4 is 0 Å². The first-order valence-electron chi connectivity index (χ1n) is 3.41. The molecule has 1 heterocycles. The first-order chi connectivity index (χ1) is 6.46. The quantitative estimate of drug-likeness (QED) is 0.572. The van der Waals surface area contributed by atoms with Gasteiger partial charge in [0.2, 0.25) is 0 Å². The van der Waals surface area contributed by atoms with Crippen LogP contribution in [0.2, 0.25) is 0 Å². The van der Waals surface area contributed by atoms with Gasteiger partial charge in [-0.2, -0.15) is 24.5 Å². The van der Waals surface area contributed by atoms with Crippen LogP contribution in [0.25, 0.3) is 5.57 Å². The van der Waals surface area contributed by atoms with E-state index >= 15 is 0 Å². The van der Waals surface area contributed by atoms with Crippen LogP contribution in [-0.4, -0.2) is 12.5 Å². The Morgan fingerprint density at radius 3 is 2.50 bits per heavy atom. The van der Waals surface area contributed by atoms with Crippen LogP contribution >= 0.6 is 22.9 Å². The molecule has 0 radical (unpaired) electrons. The molecule has 0 saturated carbocycles. The minimum Gasteiger partial charge on any atom is -0.298 e. The largest absolute Gasteiger partial charge is 0.427 e. The van der Waals surface area contributed by atoms with Gasteiger partial charge in [-0.05, 0) is 22.4 Å². The third-order valence-electron chi connectivity index (χ3n) is 1.44. The molecule has 1 rings (SSSR count). The molecule has 0 fully saturated rings. The summed E-state index contributed by atoms with van der Waals surface area (Å²) in [6.07, 6.45) is -4.57. The van der Waals surface area contributed by atoms with Crippen LogP contribution in [0.1, 0.15) is 5.56 Å². The second-order valence-electron chi connectivity index (χ2n) is 2.36. The molecule has 0 saturated heterocycles. The molecule has 14 heavy (non-hydrogen) atoms. The van der Waals surface area contributed by atoms with E-state index in [4.69, 9.17) is 11.6 Å². The Morgan fingerprint density at radius 2 is 2.14 bits per heavy atom. The Hall–Kier alpha value is -0.810. The maximum atomic E-state index is 12.1. The number of aldehydes is 1. The third-order valence-corrected chi connectivity index (χ3v) is 2.54. The molecule has 0 unspecified atom stereocenters. The number of allylic oxidation sites excluding steroid dienone is 2. The van der Waals surface area contributed by atoms with Crippen molar-refractivity contribution >= 4 is 34.8 Å². The van der Waals surface area contributed by atoms with Gasteiger partial charge in [-0.25, -0.2) is 0 Å². The van der Waals surface area contributed by atoms with Gasteiger partial charge >= 0.3 is 6.18 Å². The lowest BCUT2D eigenvalue weighted by atomic mass is 10.1. The van der Waals surface area contributed by atoms with Crippen molar-refractivity contribution in [2.24, 2.45) is 0 Å². The molecule has 1 aromatic heterocycles. The lowest BCUT2D eigenvalue weighted by Gasteiger charge is -2.06. The summed E-state index contributed by atoms with van der Waals surface area (Å²) in [7, 11) is 0. The fraction of sp³-hybridized carbons (Fsp3) is 0.125. The van der Waals surface area contributed by atoms with Crippen LogP contribution in [0.5, 0.6) is 0 Å². The summed E-state index contributed by atoms with van der Waals surface area (Å²) < 4.78 is 36.4. The number of rotatable bonds is 2. The summed E-state index contributed by atoms with van der Waals surface area (Å²) in [6, 6.07) is 1.41. The highest BCUT2D eigenvalue weighted by Crippen LogP contribution is 2.34. The summed E-state index contributed by atoms with van der Waals surface area (Å²) in [4.78, 5) is 10.5. The van der Waals surface area contributed by atoms with Crippen molar-refractivity contribution in [2.45, 2.75) is 6.18 Å². The van der Waals surface area contributed by atoms with Crippen LogP contribution in [0.15, 0.2) is 21.9 Å². The molecule has 0 amide bonds. The molecular weight excluding hydrogens is 237 g/mol. The van der Waals surface area contributed by atoms with Gasteiger partial charge in [0, 0.05) is 5.57 Å². The van der Waals surface area contributed by atoms with Gasteiger partial charge < -0.3 is 0 Å². The zero-order chi connectivity index (χ0) is 10.8. The Kier molecular flexibility index (Phi) is 3.34. The molecule has 0 atom stereocenters. The zero-order valence-electron chi connectivity index (χ0n) is 6.64. The standard InChI is InChI=1S/C8H4ClF3OS/c9-7(8(10,11)12)6(3-13)5-1-2-14-4-5/h1-4H/b7-6+. The highest BCUT2D eigenvalue weighted by molar-refractivity contribution is 7.08. The predicted molar refractivity (Wildman–Crippen MR) is 49.2 cm³/mol. The predicted octanol–water partition coefficient (Wildman–Crippen LogP) is 3.46. The monoisotopic (exact) mass is 240 g/mol. The second kappa shape index (κ2) is 4.14. The molecule has 1 nitrogen and oxygen atoms in total. The van der Waals surface area contributed by atoms with Crippen LogP contribution in [-0.2, 0) is 4.79 Å². The summed E-state index contributed by atoms with van der Waals surface area (Å²) >= 11 is 6.23. The fourth-order valence-corrected chi connectivity index (χ4v) is 1.63. The van der Waals surface area contributed by atoms with Gasteiger partial charge in [-0.1, -0.05) is 11.6 Å². The molecule has 0 aliphatic carbocycles. The van der Waals surface area contributed by atoms with Crippen LogP contribution in [0.4, 0.5) is 13.2 Å². The number of hydrogen-bond donors (Lipinski definition) is 0. The maximum Gasteiger partial charge on any atom is 0.427 e. The van der Waals surface area contributed by atoms with Crippen molar-refractivity contribution in [1.29, 1.82) is 0 Å². The summed E-state index contributed by atoms with van der Waals surface area (Å²) in [6.45, 7) is 0. The van der Waals surface area contributed by atoms with Crippen molar-refractivity contribution in [1.82, 2.24) is 0 Å². The highest BCUT2D eigenvalue weighted by Gasteiger charge is 2.35. The molecule has 0 bridgehead atoms. The molecule has 76 valence electrons. The first-order valence-corrected chi connectivity index (χ1v) is 4.73. The van der Waals surface area contributed by atoms with Crippen molar-refractivity contribution < 1.29 is 18.0 Å². The lowest BCUT2D eigenvalue weighted by molar-refractivity contribution is -0.104. The van der Waals surface area contributed by atoms with Crippen molar-refractivity contribution in [2.75, 3.05) is 0 Å². The second-order valence-corrected chi connectivity index (χ2v) is 3.51. The number of thiophene rings is 1. The Labute approximate surface area is 86.8 Å². The van der Waals surface area contributed by atoms with Gasteiger partial charge in [-0.3, -0.25) is 4.79 Å². The van der Waals surface area contributed by atoms with Gasteiger partial charge in [0.25, 0.3) is 0 Å². The number of hydrogen-bond acceptors (Lipinski definition) is 2. The zero-order valence-corrected chi connectivity index (χ0v) is 8.21. The van der Waals surface area contributed by atoms with Crippen LogP contribution in [0, 0.1) is 0 Å². The van der Waals surface area contributed by atoms with Crippen molar-refractivity contribution in [3.05, 3.63) is 27.4 Å². The molecule has 0 aliphatic rings. The number of carbonyl (C=O) groups is 1. The van der Waals surface area contributed by atoms with Gasteiger partial charge in [0.05, 0.1) is 0 Å². The van der Waals surface area contributed by atoms with Crippen molar-refractivity contribution in [3.8, 4) is 0 Å². The average molecular weight is 241 g/mol. The molecule has 0 N–H and O–H groups in total. The van der Waals surface area contributed by atoms with Crippen molar-refractivity contribution in [3.63, 3.8) is 0 Å². The molecule has 0 spiro atoms. The summed E-state index contributed by atoms with van der Waals surface area (Å²) in [5.41, 5.74) is -0.340. The van der Waals surface area contributed by atoms with Gasteiger partial charge in [0.15, 0.2) is 6.29 Å². The van der Waals surface area contributed by atoms with E-state index in [1.54, 1.807) is 5.38 Å². The molecular formula is C8H4ClF3OS. The van der Waals surface area contributed by atoms with E-state index in [-0.39, 0.29) is 11.8 Å². The summed E-state index contributed by atoms with van der Waals surface area (Å²) in [5.74, 6) is 0. The smallest absolute Gasteiger partial charge is 0.298 e. The topological polar surface area (TPSA) is 17.1 Å². The van der Waals surface area contributed by atoms with Gasteiger partial charge in [-0.15, -0.1) is 0 Å². The van der Waals surface area contributed by atoms with Gasteiger partial charge in [0.1, 0.15) is 5.03 Å². The number of halogens is 4. The van der Waals surface area contributed by atoms with Crippen LogP contribution in [0.3, 0.4) is 0 Å². The third kappa shape index (κ3) is 2.36. The lowest BCUT2D eigenvalue weighted by Crippen LogP contribution is -2.09.